The van der Waals surface area contributed by atoms with Gasteiger partial charge < -0.3 is 4.74 Å². The molecule has 1 fully saturated rings. The van der Waals surface area contributed by atoms with E-state index in [1.807, 2.05) is 0 Å². The molecule has 0 aliphatic carbocycles. The largest absolute Gasteiger partial charge is 0.379 e. The van der Waals surface area contributed by atoms with E-state index >= 15 is 0 Å². The molecule has 1 aliphatic heterocycles. The SMILES string of the molecule is CCc1ccc(C(C#N)NCCCN2CCOCC2)cc1. The highest BCUT2D eigenvalue weighted by molar-refractivity contribution is 5.28. The number of nitrogens with one attached hydrogen (secondary N) is 1. The summed E-state index contributed by atoms with van der Waals surface area (Å²) in [6, 6.07) is 10.5. The summed E-state index contributed by atoms with van der Waals surface area (Å²) in [5.41, 5.74) is 2.36. The number of benzene rings is 1. The summed E-state index contributed by atoms with van der Waals surface area (Å²) in [6.07, 6.45) is 2.09. The molecular formula is C17H25N3O. The van der Waals surface area contributed by atoms with Gasteiger partial charge in [-0.1, -0.05) is 31.2 Å². The summed E-state index contributed by atoms with van der Waals surface area (Å²) < 4.78 is 5.34. The van der Waals surface area contributed by atoms with Crippen molar-refractivity contribution in [1.82, 2.24) is 10.2 Å². The zero-order valence-electron chi connectivity index (χ0n) is 12.8. The maximum Gasteiger partial charge on any atom is 0.121 e. The quantitative estimate of drug-likeness (QED) is 0.781. The van der Waals surface area contributed by atoms with Gasteiger partial charge in [-0.05, 0) is 37.1 Å². The van der Waals surface area contributed by atoms with Crippen molar-refractivity contribution in [3.05, 3.63) is 35.4 Å². The maximum atomic E-state index is 9.31. The van der Waals surface area contributed by atoms with Crippen LogP contribution in [-0.4, -0.2) is 44.3 Å². The van der Waals surface area contributed by atoms with Crippen molar-refractivity contribution < 1.29 is 4.74 Å². The van der Waals surface area contributed by atoms with E-state index in [-0.39, 0.29) is 6.04 Å². The first-order valence-corrected chi connectivity index (χ1v) is 7.85. The lowest BCUT2D eigenvalue weighted by atomic mass is 10.0. The van der Waals surface area contributed by atoms with Gasteiger partial charge in [0.25, 0.3) is 0 Å². The lowest BCUT2D eigenvalue weighted by molar-refractivity contribution is 0.0374. The van der Waals surface area contributed by atoms with Crippen LogP contribution in [0.25, 0.3) is 0 Å². The number of rotatable bonds is 7. The van der Waals surface area contributed by atoms with Crippen molar-refractivity contribution in [3.63, 3.8) is 0 Å². The predicted octanol–water partition coefficient (Wildman–Crippen LogP) is 2.13. The van der Waals surface area contributed by atoms with E-state index in [1.165, 1.54) is 5.56 Å². The fraction of sp³-hybridized carbons (Fsp3) is 0.588. The third kappa shape index (κ3) is 5.13. The minimum absolute atomic E-state index is 0.208. The van der Waals surface area contributed by atoms with Gasteiger partial charge in [-0.25, -0.2) is 0 Å². The summed E-state index contributed by atoms with van der Waals surface area (Å²) in [5.74, 6) is 0. The Morgan fingerprint density at radius 3 is 2.62 bits per heavy atom. The zero-order valence-corrected chi connectivity index (χ0v) is 12.8. The molecule has 114 valence electrons. The van der Waals surface area contributed by atoms with Crippen molar-refractivity contribution >= 4 is 0 Å². The van der Waals surface area contributed by atoms with Gasteiger partial charge in [-0.3, -0.25) is 10.2 Å². The Labute approximate surface area is 127 Å². The number of hydrogen-bond donors (Lipinski definition) is 1. The van der Waals surface area contributed by atoms with Crippen molar-refractivity contribution in [2.75, 3.05) is 39.4 Å². The molecule has 0 amide bonds. The molecule has 0 aromatic heterocycles. The van der Waals surface area contributed by atoms with Crippen molar-refractivity contribution in [2.45, 2.75) is 25.8 Å². The lowest BCUT2D eigenvalue weighted by Gasteiger charge is -2.26. The minimum atomic E-state index is -0.208. The summed E-state index contributed by atoms with van der Waals surface area (Å²) in [5, 5.41) is 12.7. The Hall–Kier alpha value is -1.41. The number of hydrogen-bond acceptors (Lipinski definition) is 4. The molecule has 2 rings (SSSR count). The molecule has 4 nitrogen and oxygen atoms in total. The molecule has 1 unspecified atom stereocenters. The Morgan fingerprint density at radius 1 is 1.29 bits per heavy atom. The molecule has 1 N–H and O–H groups in total. The Bertz CT molecular complexity index is 446. The second-order valence-electron chi connectivity index (χ2n) is 5.42. The summed E-state index contributed by atoms with van der Waals surface area (Å²) >= 11 is 0. The maximum absolute atomic E-state index is 9.31. The van der Waals surface area contributed by atoms with Crippen molar-refractivity contribution in [3.8, 4) is 6.07 Å². The number of nitrogens with zero attached hydrogens (tertiary/aromatic N) is 2. The number of aryl methyl sites for hydroxylation is 1. The van der Waals surface area contributed by atoms with Crippen LogP contribution < -0.4 is 5.32 Å². The van der Waals surface area contributed by atoms with Crippen molar-refractivity contribution in [1.29, 1.82) is 5.26 Å². The van der Waals surface area contributed by atoms with Crippen LogP contribution in [0, 0.1) is 11.3 Å². The fourth-order valence-electron chi connectivity index (χ4n) is 2.56. The zero-order chi connectivity index (χ0) is 14.9. The van der Waals surface area contributed by atoms with Crippen LogP contribution in [-0.2, 0) is 11.2 Å². The molecule has 0 saturated carbocycles. The van der Waals surface area contributed by atoms with E-state index in [1.54, 1.807) is 0 Å². The first-order valence-electron chi connectivity index (χ1n) is 7.85. The van der Waals surface area contributed by atoms with Crippen LogP contribution in [0.4, 0.5) is 0 Å². The Kier molecular flexibility index (Phi) is 6.68. The van der Waals surface area contributed by atoms with Gasteiger partial charge in [0, 0.05) is 13.1 Å². The van der Waals surface area contributed by atoms with Gasteiger partial charge in [-0.15, -0.1) is 0 Å². The minimum Gasteiger partial charge on any atom is -0.379 e. The highest BCUT2D eigenvalue weighted by Crippen LogP contribution is 2.13. The molecule has 1 atom stereocenters. The lowest BCUT2D eigenvalue weighted by Crippen LogP contribution is -2.37. The van der Waals surface area contributed by atoms with E-state index < -0.39 is 0 Å². The smallest absolute Gasteiger partial charge is 0.121 e. The van der Waals surface area contributed by atoms with Gasteiger partial charge in [-0.2, -0.15) is 5.26 Å². The number of nitriles is 1. The van der Waals surface area contributed by atoms with Crippen LogP contribution in [0.15, 0.2) is 24.3 Å². The average Bonchev–Trinajstić information content (AvgIpc) is 2.56. The van der Waals surface area contributed by atoms with Gasteiger partial charge in [0.1, 0.15) is 6.04 Å². The number of morpholine rings is 1. The summed E-state index contributed by atoms with van der Waals surface area (Å²) in [4.78, 5) is 2.42. The van der Waals surface area contributed by atoms with Crippen LogP contribution in [0.1, 0.15) is 30.5 Å². The molecule has 1 aromatic carbocycles. The first-order chi connectivity index (χ1) is 10.3. The highest BCUT2D eigenvalue weighted by atomic mass is 16.5. The van der Waals surface area contributed by atoms with Gasteiger partial charge in [0.05, 0.1) is 19.3 Å². The second-order valence-corrected chi connectivity index (χ2v) is 5.42. The standard InChI is InChI=1S/C17H25N3O/c1-2-15-4-6-16(7-5-15)17(14-18)19-8-3-9-20-10-12-21-13-11-20/h4-7,17,19H,2-3,8-13H2,1H3. The third-order valence-corrected chi connectivity index (χ3v) is 3.95. The molecule has 1 heterocycles. The molecule has 0 spiro atoms. The topological polar surface area (TPSA) is 48.3 Å². The molecular weight excluding hydrogens is 262 g/mol. The van der Waals surface area contributed by atoms with Crippen LogP contribution in [0.5, 0.6) is 0 Å². The van der Waals surface area contributed by atoms with E-state index in [9.17, 15) is 5.26 Å². The molecule has 0 bridgehead atoms. The highest BCUT2D eigenvalue weighted by Gasteiger charge is 2.11. The van der Waals surface area contributed by atoms with E-state index in [4.69, 9.17) is 4.74 Å². The first kappa shape index (κ1) is 16.0. The van der Waals surface area contributed by atoms with Crippen molar-refractivity contribution in [2.24, 2.45) is 0 Å². The second kappa shape index (κ2) is 8.78. The Balaban J connectivity index is 1.73. The van der Waals surface area contributed by atoms with Crippen LogP contribution in [0.3, 0.4) is 0 Å². The number of ether oxygens (including phenoxy) is 1. The van der Waals surface area contributed by atoms with Crippen LogP contribution in [0.2, 0.25) is 0 Å². The summed E-state index contributed by atoms with van der Waals surface area (Å²) in [7, 11) is 0. The van der Waals surface area contributed by atoms with E-state index in [0.717, 1.165) is 57.8 Å². The average molecular weight is 287 g/mol. The molecule has 4 heteroatoms. The van der Waals surface area contributed by atoms with Gasteiger partial charge in [0.15, 0.2) is 0 Å². The molecule has 21 heavy (non-hydrogen) atoms. The van der Waals surface area contributed by atoms with Crippen LogP contribution >= 0.6 is 0 Å². The van der Waals surface area contributed by atoms with Gasteiger partial charge >= 0.3 is 0 Å². The molecule has 1 aromatic rings. The Morgan fingerprint density at radius 2 is 2.00 bits per heavy atom. The normalized spacial score (nSPS) is 17.3. The van der Waals surface area contributed by atoms with E-state index in [0.29, 0.717) is 0 Å². The third-order valence-electron chi connectivity index (χ3n) is 3.95. The predicted molar refractivity (Wildman–Crippen MR) is 84.1 cm³/mol. The molecule has 1 aliphatic rings. The monoisotopic (exact) mass is 287 g/mol. The van der Waals surface area contributed by atoms with E-state index in [2.05, 4.69) is 47.5 Å². The fourth-order valence-corrected chi connectivity index (χ4v) is 2.56. The summed E-state index contributed by atoms with van der Waals surface area (Å²) in [6.45, 7) is 7.82. The molecule has 1 saturated heterocycles. The van der Waals surface area contributed by atoms with Gasteiger partial charge in [0.2, 0.25) is 0 Å². The molecule has 0 radical (unpaired) electrons.